The number of furan rings is 2. The Morgan fingerprint density at radius 1 is 0.421 bits per heavy atom. The fourth-order valence-electron chi connectivity index (χ4n) is 5.55. The summed E-state index contributed by atoms with van der Waals surface area (Å²) in [6.45, 7) is 0. The van der Waals surface area contributed by atoms with Crippen LogP contribution in [-0.2, 0) is 0 Å². The molecule has 5 aromatic carbocycles. The number of rotatable bonds is 2. The van der Waals surface area contributed by atoms with Crippen molar-refractivity contribution in [2.75, 3.05) is 0 Å². The van der Waals surface area contributed by atoms with Gasteiger partial charge in [-0.1, -0.05) is 72.8 Å². The quantitative estimate of drug-likeness (QED) is 0.244. The van der Waals surface area contributed by atoms with Crippen molar-refractivity contribution in [3.05, 3.63) is 130 Å². The van der Waals surface area contributed by atoms with Gasteiger partial charge in [0.05, 0.1) is 22.4 Å². The first-order chi connectivity index (χ1) is 18.7. The molecule has 0 spiro atoms. The molecule has 0 saturated heterocycles. The first-order valence-electron chi connectivity index (χ1n) is 12.3. The molecule has 3 heterocycles. The van der Waals surface area contributed by atoms with E-state index in [0.717, 1.165) is 32.7 Å². The average Bonchev–Trinajstić information content (AvgIpc) is 3.53. The summed E-state index contributed by atoms with van der Waals surface area (Å²) in [5, 5.41) is 3.66. The Bertz CT molecular complexity index is 2180. The van der Waals surface area contributed by atoms with Crippen LogP contribution in [0.1, 0.15) is 0 Å². The molecule has 38 heavy (non-hydrogen) atoms. The molecule has 8 rings (SSSR count). The second kappa shape index (κ2) is 7.57. The van der Waals surface area contributed by atoms with Gasteiger partial charge in [-0.15, -0.1) is 0 Å². The van der Waals surface area contributed by atoms with E-state index >= 15 is 0 Å². The molecule has 0 atom stereocenters. The minimum atomic E-state index is -0.676. The molecule has 6 heteroatoms. The van der Waals surface area contributed by atoms with Gasteiger partial charge in [0, 0.05) is 21.5 Å². The van der Waals surface area contributed by atoms with E-state index in [2.05, 4.69) is 0 Å². The second-order valence-electron chi connectivity index (χ2n) is 9.27. The van der Waals surface area contributed by atoms with Crippen molar-refractivity contribution in [3.63, 3.8) is 0 Å². The molecular weight excluding hydrogens is 476 g/mol. The lowest BCUT2D eigenvalue weighted by molar-refractivity contribution is 0.662. The highest BCUT2D eigenvalue weighted by atomic mass is 16.3. The van der Waals surface area contributed by atoms with Crippen molar-refractivity contribution in [1.82, 2.24) is 9.13 Å². The van der Waals surface area contributed by atoms with Gasteiger partial charge < -0.3 is 8.83 Å². The van der Waals surface area contributed by atoms with Crippen molar-refractivity contribution < 1.29 is 8.83 Å². The minimum absolute atomic E-state index is 0.520. The molecule has 0 fully saturated rings. The predicted octanol–water partition coefficient (Wildman–Crippen LogP) is 6.94. The molecule has 6 nitrogen and oxygen atoms in total. The Kier molecular flexibility index (Phi) is 4.14. The van der Waals surface area contributed by atoms with Gasteiger partial charge in [-0.2, -0.15) is 0 Å². The SMILES string of the molecule is O=c1c(=O)n(-c2cccc3c2oc2ccccc23)c2ccccc2n1-c1cccc2c1oc1ccccc12. The maximum Gasteiger partial charge on any atom is 0.322 e. The average molecular weight is 495 g/mol. The van der Waals surface area contributed by atoms with Gasteiger partial charge in [0.1, 0.15) is 11.2 Å². The van der Waals surface area contributed by atoms with E-state index in [1.54, 1.807) is 0 Å². The van der Waals surface area contributed by atoms with Gasteiger partial charge in [-0.25, -0.2) is 0 Å². The third kappa shape index (κ3) is 2.71. The van der Waals surface area contributed by atoms with Crippen LogP contribution in [0.2, 0.25) is 0 Å². The molecule has 0 saturated carbocycles. The zero-order chi connectivity index (χ0) is 25.4. The number of nitrogens with zero attached hydrogens (tertiary/aromatic N) is 2. The molecule has 3 aromatic heterocycles. The van der Waals surface area contributed by atoms with Crippen LogP contribution < -0.4 is 11.1 Å². The standard InChI is InChI=1S/C32H18N2O4/c35-31-32(36)34(26-16-8-12-22-20-10-2-6-18-28(20)38-30(22)26)24-14-4-3-13-23(24)33(31)25-15-7-11-21-19-9-1-5-17-27(19)37-29(21)25/h1-18H. The number of aromatic nitrogens is 2. The van der Waals surface area contributed by atoms with Crippen LogP contribution in [0.25, 0.3) is 66.3 Å². The monoisotopic (exact) mass is 494 g/mol. The van der Waals surface area contributed by atoms with E-state index in [9.17, 15) is 9.59 Å². The summed E-state index contributed by atoms with van der Waals surface area (Å²) in [6.07, 6.45) is 0. The Balaban J connectivity index is 1.50. The Labute approximate surface area is 214 Å². The summed E-state index contributed by atoms with van der Waals surface area (Å²) < 4.78 is 15.3. The molecule has 0 bridgehead atoms. The second-order valence-corrected chi connectivity index (χ2v) is 9.27. The van der Waals surface area contributed by atoms with Gasteiger partial charge in [-0.05, 0) is 36.4 Å². The molecule has 0 amide bonds. The smallest absolute Gasteiger partial charge is 0.322 e. The number of hydrogen-bond donors (Lipinski definition) is 0. The molecule has 0 N–H and O–H groups in total. The number of fused-ring (bicyclic) bond motifs is 7. The van der Waals surface area contributed by atoms with Gasteiger partial charge in [0.25, 0.3) is 0 Å². The maximum absolute atomic E-state index is 13.9. The Morgan fingerprint density at radius 2 is 0.816 bits per heavy atom. The summed E-state index contributed by atoms with van der Waals surface area (Å²) in [6, 6.07) is 34.2. The number of para-hydroxylation sites is 6. The van der Waals surface area contributed by atoms with Crippen LogP contribution in [0.3, 0.4) is 0 Å². The van der Waals surface area contributed by atoms with Crippen molar-refractivity contribution in [3.8, 4) is 11.4 Å². The Morgan fingerprint density at radius 3 is 1.29 bits per heavy atom. The van der Waals surface area contributed by atoms with Crippen LogP contribution in [0, 0.1) is 0 Å². The van der Waals surface area contributed by atoms with E-state index in [1.165, 1.54) is 9.13 Å². The summed E-state index contributed by atoms with van der Waals surface area (Å²) in [5.41, 5.74) is 3.40. The molecule has 180 valence electrons. The topological polar surface area (TPSA) is 70.3 Å². The first-order valence-corrected chi connectivity index (χ1v) is 12.3. The maximum atomic E-state index is 13.9. The van der Waals surface area contributed by atoms with Gasteiger partial charge in [0.15, 0.2) is 11.2 Å². The van der Waals surface area contributed by atoms with Crippen molar-refractivity contribution >= 4 is 54.9 Å². The first kappa shape index (κ1) is 20.8. The summed E-state index contributed by atoms with van der Waals surface area (Å²) in [7, 11) is 0. The molecule has 0 unspecified atom stereocenters. The lowest BCUT2D eigenvalue weighted by Crippen LogP contribution is -2.40. The zero-order valence-corrected chi connectivity index (χ0v) is 19.9. The molecule has 0 aliphatic carbocycles. The van der Waals surface area contributed by atoms with Crippen LogP contribution in [0.15, 0.2) is 128 Å². The van der Waals surface area contributed by atoms with Crippen LogP contribution in [-0.4, -0.2) is 9.13 Å². The highest BCUT2D eigenvalue weighted by molar-refractivity contribution is 6.09. The normalized spacial score (nSPS) is 11.9. The van der Waals surface area contributed by atoms with E-state index < -0.39 is 11.1 Å². The molecular formula is C32H18N2O4. The molecule has 0 aliphatic rings. The highest BCUT2D eigenvalue weighted by Crippen LogP contribution is 2.35. The fraction of sp³-hybridized carbons (Fsp3) is 0. The molecule has 0 radical (unpaired) electrons. The summed E-state index contributed by atoms with van der Waals surface area (Å²) in [5.74, 6) is 0. The largest absolute Gasteiger partial charge is 0.454 e. The number of benzene rings is 5. The lowest BCUT2D eigenvalue weighted by Gasteiger charge is -2.15. The predicted molar refractivity (Wildman–Crippen MR) is 150 cm³/mol. The number of hydrogen-bond acceptors (Lipinski definition) is 4. The zero-order valence-electron chi connectivity index (χ0n) is 19.9. The van der Waals surface area contributed by atoms with Crippen molar-refractivity contribution in [2.45, 2.75) is 0 Å². The summed E-state index contributed by atoms with van der Waals surface area (Å²) >= 11 is 0. The van der Waals surface area contributed by atoms with E-state index in [-0.39, 0.29) is 0 Å². The van der Waals surface area contributed by atoms with Gasteiger partial charge in [0.2, 0.25) is 0 Å². The Hall–Kier alpha value is -5.36. The third-order valence-corrected chi connectivity index (χ3v) is 7.20. The van der Waals surface area contributed by atoms with Crippen molar-refractivity contribution in [1.29, 1.82) is 0 Å². The lowest BCUT2D eigenvalue weighted by atomic mass is 10.1. The summed E-state index contributed by atoms with van der Waals surface area (Å²) in [4.78, 5) is 27.8. The van der Waals surface area contributed by atoms with Crippen molar-refractivity contribution in [2.24, 2.45) is 0 Å². The minimum Gasteiger partial charge on any atom is -0.454 e. The van der Waals surface area contributed by atoms with Crippen LogP contribution in [0.5, 0.6) is 0 Å². The van der Waals surface area contributed by atoms with Gasteiger partial charge >= 0.3 is 11.1 Å². The highest BCUT2D eigenvalue weighted by Gasteiger charge is 2.21. The third-order valence-electron chi connectivity index (χ3n) is 7.20. The van der Waals surface area contributed by atoms with E-state index in [4.69, 9.17) is 8.83 Å². The molecule has 8 aromatic rings. The van der Waals surface area contributed by atoms with E-state index in [0.29, 0.717) is 33.6 Å². The van der Waals surface area contributed by atoms with E-state index in [1.807, 2.05) is 109 Å². The van der Waals surface area contributed by atoms with Crippen LogP contribution >= 0.6 is 0 Å². The molecule has 0 aliphatic heterocycles. The van der Waals surface area contributed by atoms with Gasteiger partial charge in [-0.3, -0.25) is 18.7 Å². The van der Waals surface area contributed by atoms with Crippen LogP contribution in [0.4, 0.5) is 0 Å². The fourth-order valence-corrected chi connectivity index (χ4v) is 5.55.